The second-order valence-electron chi connectivity index (χ2n) is 3.55. The number of rotatable bonds is 3. The van der Waals surface area contributed by atoms with Crippen LogP contribution in [0, 0.1) is 21.7 Å². The Morgan fingerprint density at radius 2 is 1.79 bits per heavy atom. The van der Waals surface area contributed by atoms with Crippen LogP contribution in [0.25, 0.3) is 0 Å². The van der Waals surface area contributed by atoms with Crippen LogP contribution in [0.1, 0.15) is 0 Å². The Morgan fingerprint density at radius 1 is 1.16 bits per heavy atom. The number of hydrogen-bond acceptors (Lipinski definition) is 3. The molecule has 0 spiro atoms. The van der Waals surface area contributed by atoms with Crippen molar-refractivity contribution in [2.45, 2.75) is 0 Å². The Kier molecular flexibility index (Phi) is 3.62. The zero-order valence-electron chi connectivity index (χ0n) is 9.27. The largest absolute Gasteiger partial charge is 0.450 e. The summed E-state index contributed by atoms with van der Waals surface area (Å²) in [6.45, 7) is 0. The lowest BCUT2D eigenvalue weighted by Gasteiger charge is -2.07. The predicted octanol–water partition coefficient (Wildman–Crippen LogP) is 4.32. The van der Waals surface area contributed by atoms with Crippen LogP contribution in [0.2, 0.25) is 5.02 Å². The van der Waals surface area contributed by atoms with Crippen molar-refractivity contribution in [3.63, 3.8) is 0 Å². The van der Waals surface area contributed by atoms with Gasteiger partial charge >= 0.3 is 5.69 Å². The highest BCUT2D eigenvalue weighted by atomic mass is 35.5. The monoisotopic (exact) mass is 285 g/mol. The number of benzene rings is 2. The first kappa shape index (κ1) is 13.2. The molecule has 0 saturated carbocycles. The Balaban J connectivity index is 2.43. The van der Waals surface area contributed by atoms with Crippen LogP contribution < -0.4 is 4.74 Å². The lowest BCUT2D eigenvalue weighted by molar-refractivity contribution is -0.385. The molecule has 98 valence electrons. The molecular weight excluding hydrogens is 280 g/mol. The van der Waals surface area contributed by atoms with E-state index in [0.717, 1.165) is 12.1 Å². The molecule has 2 aromatic rings. The van der Waals surface area contributed by atoms with Crippen molar-refractivity contribution in [2.24, 2.45) is 0 Å². The number of hydrogen-bond donors (Lipinski definition) is 0. The fraction of sp³-hybridized carbons (Fsp3) is 0. The van der Waals surface area contributed by atoms with Gasteiger partial charge in [0.15, 0.2) is 0 Å². The zero-order chi connectivity index (χ0) is 14.0. The van der Waals surface area contributed by atoms with Gasteiger partial charge in [-0.2, -0.15) is 0 Å². The van der Waals surface area contributed by atoms with E-state index in [1.54, 1.807) is 0 Å². The van der Waals surface area contributed by atoms with E-state index < -0.39 is 22.2 Å². The van der Waals surface area contributed by atoms with Gasteiger partial charge in [-0.05, 0) is 12.1 Å². The lowest BCUT2D eigenvalue weighted by atomic mass is 10.3. The highest BCUT2D eigenvalue weighted by Gasteiger charge is 2.20. The summed E-state index contributed by atoms with van der Waals surface area (Å²) in [7, 11) is 0. The van der Waals surface area contributed by atoms with Crippen LogP contribution in [0.3, 0.4) is 0 Å². The van der Waals surface area contributed by atoms with Crippen molar-refractivity contribution < 1.29 is 18.4 Å². The molecule has 0 fully saturated rings. The number of para-hydroxylation sites is 1. The van der Waals surface area contributed by atoms with E-state index in [9.17, 15) is 18.9 Å². The Labute approximate surface area is 111 Å². The van der Waals surface area contributed by atoms with E-state index in [1.165, 1.54) is 18.2 Å². The second-order valence-corrected chi connectivity index (χ2v) is 3.96. The maximum atomic E-state index is 13.0. The van der Waals surface area contributed by atoms with Gasteiger partial charge in [0.1, 0.15) is 22.4 Å². The van der Waals surface area contributed by atoms with Crippen molar-refractivity contribution in [3.05, 3.63) is 63.2 Å². The molecule has 0 radical (unpaired) electrons. The molecule has 0 atom stereocenters. The first-order valence-electron chi connectivity index (χ1n) is 5.04. The Bertz CT molecular complexity index is 629. The molecule has 0 bridgehead atoms. The molecule has 0 amide bonds. The number of nitro benzene ring substituents is 1. The summed E-state index contributed by atoms with van der Waals surface area (Å²) in [5, 5.41) is 10.7. The summed E-state index contributed by atoms with van der Waals surface area (Å²) in [6, 6.07) is 6.52. The SMILES string of the molecule is O=[N+]([O-])c1c(Cl)cccc1Oc1cc(F)cc(F)c1. The van der Waals surface area contributed by atoms with Crippen molar-refractivity contribution in [1.29, 1.82) is 0 Å². The molecule has 0 N–H and O–H groups in total. The molecule has 0 aliphatic carbocycles. The minimum Gasteiger partial charge on any atom is -0.450 e. The second kappa shape index (κ2) is 5.19. The van der Waals surface area contributed by atoms with Crippen LogP contribution in [-0.2, 0) is 0 Å². The first-order chi connectivity index (χ1) is 8.97. The molecule has 2 rings (SSSR count). The number of halogens is 3. The smallest absolute Gasteiger partial charge is 0.329 e. The van der Waals surface area contributed by atoms with Gasteiger partial charge in [0, 0.05) is 18.2 Å². The molecule has 19 heavy (non-hydrogen) atoms. The molecule has 7 heteroatoms. The molecule has 0 aromatic heterocycles. The van der Waals surface area contributed by atoms with Gasteiger partial charge in [0.05, 0.1) is 4.92 Å². The van der Waals surface area contributed by atoms with Gasteiger partial charge in [-0.3, -0.25) is 10.1 Å². The standard InChI is InChI=1S/C12H6ClF2NO3/c13-10-2-1-3-11(12(10)16(17)18)19-9-5-7(14)4-8(15)6-9/h1-6H. The van der Waals surface area contributed by atoms with E-state index in [0.29, 0.717) is 6.07 Å². The number of nitrogens with zero attached hydrogens (tertiary/aromatic N) is 1. The lowest BCUT2D eigenvalue weighted by Crippen LogP contribution is -1.95. The minimum absolute atomic E-state index is 0.126. The first-order valence-corrected chi connectivity index (χ1v) is 5.42. The van der Waals surface area contributed by atoms with Crippen LogP contribution in [0.15, 0.2) is 36.4 Å². The minimum atomic E-state index is -0.848. The third kappa shape index (κ3) is 2.97. The van der Waals surface area contributed by atoms with Crippen molar-refractivity contribution >= 4 is 17.3 Å². The topological polar surface area (TPSA) is 52.4 Å². The van der Waals surface area contributed by atoms with E-state index in [2.05, 4.69) is 0 Å². The van der Waals surface area contributed by atoms with E-state index >= 15 is 0 Å². The quantitative estimate of drug-likeness (QED) is 0.623. The number of nitro groups is 1. The molecule has 0 unspecified atom stereocenters. The third-order valence-electron chi connectivity index (χ3n) is 2.20. The fourth-order valence-corrected chi connectivity index (χ4v) is 1.70. The molecule has 0 aliphatic rings. The van der Waals surface area contributed by atoms with Crippen molar-refractivity contribution in [2.75, 3.05) is 0 Å². The van der Waals surface area contributed by atoms with Crippen LogP contribution in [0.5, 0.6) is 11.5 Å². The normalized spacial score (nSPS) is 10.3. The number of ether oxygens (including phenoxy) is 1. The average molecular weight is 286 g/mol. The summed E-state index contributed by atoms with van der Waals surface area (Å²) in [5.74, 6) is -2.08. The summed E-state index contributed by atoms with van der Waals surface area (Å²) >= 11 is 5.68. The molecule has 2 aromatic carbocycles. The summed E-state index contributed by atoms with van der Waals surface area (Å²) in [4.78, 5) is 10.1. The highest BCUT2D eigenvalue weighted by Crippen LogP contribution is 2.37. The van der Waals surface area contributed by atoms with Gasteiger partial charge in [-0.1, -0.05) is 17.7 Å². The van der Waals surface area contributed by atoms with Crippen molar-refractivity contribution in [1.82, 2.24) is 0 Å². The maximum absolute atomic E-state index is 13.0. The fourth-order valence-electron chi connectivity index (χ4n) is 1.47. The molecule has 0 saturated heterocycles. The van der Waals surface area contributed by atoms with Gasteiger partial charge in [0.25, 0.3) is 0 Å². The highest BCUT2D eigenvalue weighted by molar-refractivity contribution is 6.32. The van der Waals surface area contributed by atoms with Crippen LogP contribution >= 0.6 is 11.6 Å². The Morgan fingerprint density at radius 3 is 2.37 bits per heavy atom. The van der Waals surface area contributed by atoms with Gasteiger partial charge in [0.2, 0.25) is 5.75 Å². The Hall–Kier alpha value is -2.21. The van der Waals surface area contributed by atoms with Gasteiger partial charge in [-0.25, -0.2) is 8.78 Å². The summed E-state index contributed by atoms with van der Waals surface area (Å²) in [5.41, 5.74) is -0.464. The van der Waals surface area contributed by atoms with Crippen LogP contribution in [0.4, 0.5) is 14.5 Å². The van der Waals surface area contributed by atoms with Crippen molar-refractivity contribution in [3.8, 4) is 11.5 Å². The van der Waals surface area contributed by atoms with E-state index in [4.69, 9.17) is 16.3 Å². The molecular formula is C12H6ClF2NO3. The average Bonchev–Trinajstić information content (AvgIpc) is 2.26. The van der Waals surface area contributed by atoms with E-state index in [-0.39, 0.29) is 16.5 Å². The van der Waals surface area contributed by atoms with Gasteiger partial charge in [-0.15, -0.1) is 0 Å². The third-order valence-corrected chi connectivity index (χ3v) is 2.50. The molecule has 4 nitrogen and oxygen atoms in total. The summed E-state index contributed by atoms with van der Waals surface area (Å²) < 4.78 is 31.1. The molecule has 0 heterocycles. The maximum Gasteiger partial charge on any atom is 0.329 e. The molecule has 0 aliphatic heterocycles. The zero-order valence-corrected chi connectivity index (χ0v) is 10.0. The predicted molar refractivity (Wildman–Crippen MR) is 64.5 cm³/mol. The van der Waals surface area contributed by atoms with Gasteiger partial charge < -0.3 is 4.74 Å². The summed E-state index contributed by atoms with van der Waals surface area (Å²) in [6.07, 6.45) is 0. The van der Waals surface area contributed by atoms with Crippen LogP contribution in [-0.4, -0.2) is 4.92 Å². The van der Waals surface area contributed by atoms with E-state index in [1.807, 2.05) is 0 Å².